The van der Waals surface area contributed by atoms with E-state index in [1.165, 1.54) is 4.90 Å². The molecule has 0 heterocycles. The summed E-state index contributed by atoms with van der Waals surface area (Å²) >= 11 is 0. The number of hydrogen-bond donors (Lipinski definition) is 2. The van der Waals surface area contributed by atoms with Gasteiger partial charge in [0, 0.05) is 13.1 Å². The van der Waals surface area contributed by atoms with Gasteiger partial charge in [-0.05, 0) is 11.8 Å². The van der Waals surface area contributed by atoms with Crippen LogP contribution in [0.3, 0.4) is 0 Å². The first-order valence-electron chi connectivity index (χ1n) is 6.98. The normalized spacial score (nSPS) is 13.4. The Hall–Kier alpha value is -1.77. The summed E-state index contributed by atoms with van der Waals surface area (Å²) in [5.74, 6) is -0.919. The van der Waals surface area contributed by atoms with E-state index in [0.29, 0.717) is 19.5 Å². The Morgan fingerprint density at radius 3 is 2.35 bits per heavy atom. The van der Waals surface area contributed by atoms with Crippen LogP contribution in [-0.2, 0) is 4.79 Å². The molecule has 20 heavy (non-hydrogen) atoms. The quantitative estimate of drug-likeness (QED) is 0.713. The van der Waals surface area contributed by atoms with Gasteiger partial charge in [-0.15, -0.1) is 0 Å². The van der Waals surface area contributed by atoms with E-state index in [2.05, 4.69) is 5.32 Å². The highest BCUT2D eigenvalue weighted by molar-refractivity contribution is 5.82. The topological polar surface area (TPSA) is 93.4 Å². The molecule has 0 aliphatic rings. The zero-order chi connectivity index (χ0) is 15.7. The molecule has 2 unspecified atom stereocenters. The number of aliphatic carboxylic acids is 1. The molecule has 0 aromatic heterocycles. The summed E-state index contributed by atoms with van der Waals surface area (Å²) in [7, 11) is 0. The lowest BCUT2D eigenvalue weighted by Crippen LogP contribution is -2.51. The molecule has 6 heteroatoms. The van der Waals surface area contributed by atoms with Crippen molar-refractivity contribution in [1.29, 1.82) is 5.26 Å². The molecule has 6 nitrogen and oxygen atoms in total. The van der Waals surface area contributed by atoms with Crippen molar-refractivity contribution in [3.05, 3.63) is 0 Å². The lowest BCUT2D eigenvalue weighted by molar-refractivity contribution is -0.140. The molecule has 0 saturated carbocycles. The maximum Gasteiger partial charge on any atom is 0.326 e. The summed E-state index contributed by atoms with van der Waals surface area (Å²) in [4.78, 5) is 24.9. The van der Waals surface area contributed by atoms with Gasteiger partial charge < -0.3 is 15.3 Å². The second-order valence-corrected chi connectivity index (χ2v) is 5.40. The molecule has 0 aromatic carbocycles. The summed E-state index contributed by atoms with van der Waals surface area (Å²) in [5, 5.41) is 20.4. The largest absolute Gasteiger partial charge is 0.480 e. The smallest absolute Gasteiger partial charge is 0.326 e. The van der Waals surface area contributed by atoms with Gasteiger partial charge in [0.1, 0.15) is 6.04 Å². The van der Waals surface area contributed by atoms with Crippen molar-refractivity contribution in [2.45, 2.75) is 46.6 Å². The van der Waals surface area contributed by atoms with Crippen molar-refractivity contribution in [1.82, 2.24) is 10.2 Å². The summed E-state index contributed by atoms with van der Waals surface area (Å²) in [6, 6.07) is 0.684. The third-order valence-electron chi connectivity index (χ3n) is 3.12. The van der Waals surface area contributed by atoms with Gasteiger partial charge in [-0.25, -0.2) is 9.59 Å². The number of rotatable bonds is 8. The predicted octanol–water partition coefficient (Wildman–Crippen LogP) is 2.07. The average molecular weight is 283 g/mol. The fraction of sp³-hybridized carbons (Fsp3) is 0.786. The van der Waals surface area contributed by atoms with E-state index in [0.717, 1.165) is 0 Å². The highest BCUT2D eigenvalue weighted by atomic mass is 16.4. The summed E-state index contributed by atoms with van der Waals surface area (Å²) < 4.78 is 0. The Morgan fingerprint density at radius 1 is 1.35 bits per heavy atom. The number of urea groups is 1. The molecule has 0 aliphatic carbocycles. The van der Waals surface area contributed by atoms with Crippen LogP contribution >= 0.6 is 0 Å². The van der Waals surface area contributed by atoms with Crippen molar-refractivity contribution >= 4 is 12.0 Å². The van der Waals surface area contributed by atoms with E-state index in [-0.39, 0.29) is 18.3 Å². The zero-order valence-electron chi connectivity index (χ0n) is 12.7. The Morgan fingerprint density at radius 2 is 1.95 bits per heavy atom. The van der Waals surface area contributed by atoms with Gasteiger partial charge in [-0.1, -0.05) is 34.1 Å². The molecule has 0 aromatic rings. The van der Waals surface area contributed by atoms with E-state index in [1.807, 2.05) is 26.8 Å². The molecule has 2 atom stereocenters. The van der Waals surface area contributed by atoms with Gasteiger partial charge in [0.15, 0.2) is 0 Å². The van der Waals surface area contributed by atoms with Gasteiger partial charge in [-0.3, -0.25) is 0 Å². The Kier molecular flexibility index (Phi) is 8.37. The van der Waals surface area contributed by atoms with Crippen LogP contribution in [-0.4, -0.2) is 41.1 Å². The fourth-order valence-electron chi connectivity index (χ4n) is 1.81. The van der Waals surface area contributed by atoms with E-state index in [9.17, 15) is 14.7 Å². The number of nitrogens with zero attached hydrogens (tertiary/aromatic N) is 2. The van der Waals surface area contributed by atoms with Gasteiger partial charge in [0.2, 0.25) is 0 Å². The lowest BCUT2D eigenvalue weighted by atomic mass is 9.99. The Balaban J connectivity index is 4.78. The molecule has 0 spiro atoms. The maximum absolute atomic E-state index is 12.2. The average Bonchev–Trinajstić information content (AvgIpc) is 2.38. The second kappa shape index (κ2) is 9.18. The molecular weight excluding hydrogens is 258 g/mol. The van der Waals surface area contributed by atoms with Crippen LogP contribution in [0.25, 0.3) is 0 Å². The number of carbonyl (C=O) groups excluding carboxylic acids is 1. The van der Waals surface area contributed by atoms with Crippen LogP contribution in [0.1, 0.15) is 40.5 Å². The number of carboxylic acids is 1. The number of hydrogen-bond acceptors (Lipinski definition) is 3. The van der Waals surface area contributed by atoms with Crippen LogP contribution in [0.5, 0.6) is 0 Å². The van der Waals surface area contributed by atoms with E-state index < -0.39 is 18.0 Å². The maximum atomic E-state index is 12.2. The van der Waals surface area contributed by atoms with Crippen molar-refractivity contribution < 1.29 is 14.7 Å². The van der Waals surface area contributed by atoms with Gasteiger partial charge in [0.25, 0.3) is 0 Å². The lowest BCUT2D eigenvalue weighted by Gasteiger charge is -2.27. The van der Waals surface area contributed by atoms with Crippen LogP contribution in [0, 0.1) is 23.2 Å². The van der Waals surface area contributed by atoms with Gasteiger partial charge in [0.05, 0.1) is 12.5 Å². The highest BCUT2D eigenvalue weighted by Gasteiger charge is 2.27. The highest BCUT2D eigenvalue weighted by Crippen LogP contribution is 2.09. The monoisotopic (exact) mass is 283 g/mol. The zero-order valence-corrected chi connectivity index (χ0v) is 12.7. The molecule has 0 aliphatic heterocycles. The SMILES string of the molecule is CCC(C)C(NC(=O)N(CCC#N)CC(C)C)C(=O)O. The van der Waals surface area contributed by atoms with Crippen molar-refractivity contribution in [3.63, 3.8) is 0 Å². The standard InChI is InChI=1S/C14H25N3O3/c1-5-11(4)12(13(18)19)16-14(20)17(8-6-7-15)9-10(2)3/h10-12H,5-6,8-9H2,1-4H3,(H,16,20)(H,18,19). The minimum Gasteiger partial charge on any atom is -0.480 e. The van der Waals surface area contributed by atoms with Crippen molar-refractivity contribution in [2.75, 3.05) is 13.1 Å². The summed E-state index contributed by atoms with van der Waals surface area (Å²) in [6.45, 7) is 8.43. The minimum atomic E-state index is -1.03. The predicted molar refractivity (Wildman–Crippen MR) is 76.1 cm³/mol. The summed E-state index contributed by atoms with van der Waals surface area (Å²) in [6.07, 6.45) is 0.904. The molecule has 0 rings (SSSR count). The third-order valence-corrected chi connectivity index (χ3v) is 3.12. The van der Waals surface area contributed by atoms with Crippen LogP contribution in [0.2, 0.25) is 0 Å². The third kappa shape index (κ3) is 6.41. The molecule has 0 bridgehead atoms. The molecular formula is C14H25N3O3. The first-order chi connectivity index (χ1) is 9.33. The molecule has 2 amide bonds. The van der Waals surface area contributed by atoms with E-state index in [1.54, 1.807) is 6.92 Å². The van der Waals surface area contributed by atoms with Crippen LogP contribution in [0.15, 0.2) is 0 Å². The molecule has 2 N–H and O–H groups in total. The number of amides is 2. The molecule has 0 fully saturated rings. The number of nitriles is 1. The van der Waals surface area contributed by atoms with Crippen LogP contribution in [0.4, 0.5) is 4.79 Å². The van der Waals surface area contributed by atoms with Crippen molar-refractivity contribution in [3.8, 4) is 6.07 Å². The number of carbonyl (C=O) groups is 2. The first kappa shape index (κ1) is 18.2. The van der Waals surface area contributed by atoms with Crippen molar-refractivity contribution in [2.24, 2.45) is 11.8 Å². The van der Waals surface area contributed by atoms with Gasteiger partial charge in [-0.2, -0.15) is 5.26 Å². The fourth-order valence-corrected chi connectivity index (χ4v) is 1.81. The first-order valence-corrected chi connectivity index (χ1v) is 6.98. The second-order valence-electron chi connectivity index (χ2n) is 5.40. The van der Waals surface area contributed by atoms with E-state index in [4.69, 9.17) is 5.26 Å². The van der Waals surface area contributed by atoms with Crippen LogP contribution < -0.4 is 5.32 Å². The van der Waals surface area contributed by atoms with Gasteiger partial charge >= 0.3 is 12.0 Å². The number of carboxylic acid groups (broad SMARTS) is 1. The van der Waals surface area contributed by atoms with E-state index >= 15 is 0 Å². The minimum absolute atomic E-state index is 0.145. The Bertz CT molecular complexity index is 363. The Labute approximate surface area is 120 Å². The molecule has 0 radical (unpaired) electrons. The summed E-state index contributed by atoms with van der Waals surface area (Å²) in [5.41, 5.74) is 0. The molecule has 0 saturated heterocycles. The molecule has 114 valence electrons. The number of nitrogens with one attached hydrogen (secondary N) is 1.